The largest absolute Gasteiger partial charge is 0.385 e. The molecule has 0 fully saturated rings. The highest BCUT2D eigenvalue weighted by Gasteiger charge is 2.15. The Morgan fingerprint density at radius 2 is 2.30 bits per heavy atom. The van der Waals surface area contributed by atoms with E-state index in [4.69, 9.17) is 22.2 Å². The highest BCUT2D eigenvalue weighted by Crippen LogP contribution is 2.21. The first-order chi connectivity index (χ1) is 9.60. The van der Waals surface area contributed by atoms with Gasteiger partial charge in [0, 0.05) is 32.3 Å². The van der Waals surface area contributed by atoms with Gasteiger partial charge < -0.3 is 9.64 Å². The minimum atomic E-state index is 0.117. The van der Waals surface area contributed by atoms with Crippen LogP contribution in [0, 0.1) is 0 Å². The monoisotopic (exact) mass is 298 g/mol. The molecule has 20 heavy (non-hydrogen) atoms. The first kappa shape index (κ1) is 16.8. The minimum absolute atomic E-state index is 0.117. The van der Waals surface area contributed by atoms with Crippen LogP contribution >= 0.6 is 11.6 Å². The molecule has 0 spiro atoms. The number of rotatable bonds is 6. The van der Waals surface area contributed by atoms with Gasteiger partial charge in [0.2, 0.25) is 5.96 Å². The van der Waals surface area contributed by atoms with E-state index < -0.39 is 0 Å². The van der Waals surface area contributed by atoms with E-state index in [2.05, 4.69) is 17.3 Å². The van der Waals surface area contributed by atoms with Gasteiger partial charge in [-0.15, -0.1) is 0 Å². The molecule has 0 aliphatic carbocycles. The molecular formula is C14H23ClN4O. The van der Waals surface area contributed by atoms with Crippen molar-refractivity contribution < 1.29 is 4.74 Å². The fraction of sp³-hybridized carbons (Fsp3) is 0.500. The lowest BCUT2D eigenvalue weighted by atomic mass is 10.1. The molecule has 0 saturated carbocycles. The van der Waals surface area contributed by atoms with Gasteiger partial charge in [-0.25, -0.2) is 5.84 Å². The Kier molecular flexibility index (Phi) is 7.36. The Labute approximate surface area is 125 Å². The van der Waals surface area contributed by atoms with Crippen molar-refractivity contribution in [1.29, 1.82) is 0 Å². The van der Waals surface area contributed by atoms with Crippen molar-refractivity contribution in [1.82, 2.24) is 10.3 Å². The Bertz CT molecular complexity index is 439. The molecule has 0 heterocycles. The first-order valence-electron chi connectivity index (χ1n) is 6.58. The summed E-state index contributed by atoms with van der Waals surface area (Å²) >= 11 is 6.02. The molecule has 112 valence electrons. The fourth-order valence-corrected chi connectivity index (χ4v) is 2.03. The molecule has 0 bridgehead atoms. The number of methoxy groups -OCH3 is 1. The number of halogens is 1. The highest BCUT2D eigenvalue weighted by molar-refractivity contribution is 6.30. The molecule has 0 aromatic heterocycles. The van der Waals surface area contributed by atoms with Gasteiger partial charge in [0.05, 0.1) is 6.04 Å². The van der Waals surface area contributed by atoms with E-state index in [-0.39, 0.29) is 6.04 Å². The average Bonchev–Trinajstić information content (AvgIpc) is 2.46. The zero-order valence-electron chi connectivity index (χ0n) is 12.3. The summed E-state index contributed by atoms with van der Waals surface area (Å²) in [5.41, 5.74) is 3.76. The summed E-state index contributed by atoms with van der Waals surface area (Å²) in [5.74, 6) is 6.20. The fourth-order valence-electron chi connectivity index (χ4n) is 1.83. The number of nitrogens with two attached hydrogens (primary N) is 1. The van der Waals surface area contributed by atoms with Gasteiger partial charge in [-0.1, -0.05) is 23.7 Å². The van der Waals surface area contributed by atoms with Gasteiger partial charge in [-0.05, 0) is 31.0 Å². The summed E-state index contributed by atoms with van der Waals surface area (Å²) in [6, 6.07) is 7.89. The normalized spacial score (nSPS) is 13.2. The summed E-state index contributed by atoms with van der Waals surface area (Å²) in [4.78, 5) is 6.43. The van der Waals surface area contributed by atoms with Crippen LogP contribution in [0.1, 0.15) is 24.9 Å². The van der Waals surface area contributed by atoms with Gasteiger partial charge >= 0.3 is 0 Å². The van der Waals surface area contributed by atoms with Crippen molar-refractivity contribution in [2.75, 3.05) is 27.3 Å². The van der Waals surface area contributed by atoms with Crippen LogP contribution in [-0.4, -0.2) is 38.2 Å². The molecule has 0 amide bonds. The Balaban J connectivity index is 2.72. The Morgan fingerprint density at radius 1 is 1.55 bits per heavy atom. The zero-order chi connectivity index (χ0) is 15.0. The topological polar surface area (TPSA) is 62.9 Å². The maximum atomic E-state index is 6.02. The number of hydrogen-bond acceptors (Lipinski definition) is 3. The molecule has 1 unspecified atom stereocenters. The van der Waals surface area contributed by atoms with Crippen LogP contribution in [0.4, 0.5) is 0 Å². The van der Waals surface area contributed by atoms with Gasteiger partial charge in [0.1, 0.15) is 0 Å². The molecule has 0 aliphatic heterocycles. The summed E-state index contributed by atoms with van der Waals surface area (Å²) in [6.07, 6.45) is 0.862. The lowest BCUT2D eigenvalue weighted by molar-refractivity contribution is 0.197. The number of hydrogen-bond donors (Lipinski definition) is 2. The maximum absolute atomic E-state index is 6.02. The van der Waals surface area contributed by atoms with Crippen molar-refractivity contribution >= 4 is 17.6 Å². The van der Waals surface area contributed by atoms with Crippen LogP contribution in [-0.2, 0) is 4.74 Å². The molecule has 1 aromatic carbocycles. The predicted octanol–water partition coefficient (Wildman–Crippen LogP) is 2.19. The van der Waals surface area contributed by atoms with E-state index >= 15 is 0 Å². The summed E-state index contributed by atoms with van der Waals surface area (Å²) in [6.45, 7) is 3.43. The number of hydrazine groups is 1. The van der Waals surface area contributed by atoms with Crippen LogP contribution in [0.25, 0.3) is 0 Å². The number of benzene rings is 1. The average molecular weight is 299 g/mol. The van der Waals surface area contributed by atoms with Crippen LogP contribution in [0.5, 0.6) is 0 Å². The van der Waals surface area contributed by atoms with Crippen molar-refractivity contribution in [3.05, 3.63) is 34.9 Å². The summed E-state index contributed by atoms with van der Waals surface area (Å²) in [7, 11) is 3.62. The number of nitrogens with one attached hydrogen (secondary N) is 1. The first-order valence-corrected chi connectivity index (χ1v) is 6.96. The predicted molar refractivity (Wildman–Crippen MR) is 83.7 cm³/mol. The molecule has 5 nitrogen and oxygen atoms in total. The molecule has 1 atom stereocenters. The summed E-state index contributed by atoms with van der Waals surface area (Å²) < 4.78 is 5.00. The highest BCUT2D eigenvalue weighted by atomic mass is 35.5. The minimum Gasteiger partial charge on any atom is -0.385 e. The van der Waals surface area contributed by atoms with Crippen LogP contribution in [0.2, 0.25) is 5.02 Å². The van der Waals surface area contributed by atoms with Crippen molar-refractivity contribution in [2.45, 2.75) is 19.4 Å². The van der Waals surface area contributed by atoms with Crippen LogP contribution < -0.4 is 11.3 Å². The van der Waals surface area contributed by atoms with Crippen LogP contribution in [0.15, 0.2) is 29.3 Å². The SMILES string of the molecule is COCCCN=C(NN)N(C)C(C)c1cccc(Cl)c1. The standard InChI is InChI=1S/C14H23ClN4O/c1-11(12-6-4-7-13(15)10-12)19(2)14(18-16)17-8-5-9-20-3/h4,6-7,10-11H,5,8-9,16H2,1-3H3,(H,17,18). The third-order valence-corrected chi connectivity index (χ3v) is 3.38. The van der Waals surface area contributed by atoms with E-state index in [9.17, 15) is 0 Å². The lowest BCUT2D eigenvalue weighted by Crippen LogP contribution is -2.44. The second-order valence-corrected chi connectivity index (χ2v) is 4.97. The van der Waals surface area contributed by atoms with Gasteiger partial charge in [0.15, 0.2) is 0 Å². The molecule has 1 aromatic rings. The van der Waals surface area contributed by atoms with Crippen molar-refractivity contribution in [3.63, 3.8) is 0 Å². The Hall–Kier alpha value is -1.30. The number of ether oxygens (including phenoxy) is 1. The third kappa shape index (κ3) is 5.00. The quantitative estimate of drug-likeness (QED) is 0.278. The van der Waals surface area contributed by atoms with E-state index in [0.29, 0.717) is 19.1 Å². The van der Waals surface area contributed by atoms with E-state index in [1.165, 1.54) is 0 Å². The van der Waals surface area contributed by atoms with E-state index in [0.717, 1.165) is 17.0 Å². The number of guanidine groups is 1. The second-order valence-electron chi connectivity index (χ2n) is 4.54. The smallest absolute Gasteiger partial charge is 0.208 e. The molecule has 3 N–H and O–H groups in total. The molecule has 0 saturated heterocycles. The van der Waals surface area contributed by atoms with E-state index in [1.807, 2.05) is 36.2 Å². The molecule has 0 radical (unpaired) electrons. The van der Waals surface area contributed by atoms with E-state index in [1.54, 1.807) is 7.11 Å². The maximum Gasteiger partial charge on any atom is 0.208 e. The Morgan fingerprint density at radius 3 is 2.90 bits per heavy atom. The van der Waals surface area contributed by atoms with Crippen molar-refractivity contribution in [3.8, 4) is 0 Å². The molecule has 1 rings (SSSR count). The zero-order valence-corrected chi connectivity index (χ0v) is 13.0. The lowest BCUT2D eigenvalue weighted by Gasteiger charge is -2.28. The number of nitrogens with zero attached hydrogens (tertiary/aromatic N) is 2. The molecule has 0 aliphatic rings. The van der Waals surface area contributed by atoms with Gasteiger partial charge in [0.25, 0.3) is 0 Å². The van der Waals surface area contributed by atoms with Crippen LogP contribution in [0.3, 0.4) is 0 Å². The third-order valence-electron chi connectivity index (χ3n) is 3.14. The van der Waals surface area contributed by atoms with Gasteiger partial charge in [-0.2, -0.15) is 0 Å². The molecule has 6 heteroatoms. The summed E-state index contributed by atoms with van der Waals surface area (Å²) in [5, 5.41) is 0.724. The van der Waals surface area contributed by atoms with Crippen molar-refractivity contribution in [2.24, 2.45) is 10.8 Å². The second kappa shape index (κ2) is 8.79. The molecular weight excluding hydrogens is 276 g/mol. The number of aliphatic imine (C=N–C) groups is 1. The van der Waals surface area contributed by atoms with Gasteiger partial charge in [-0.3, -0.25) is 10.4 Å².